The summed E-state index contributed by atoms with van der Waals surface area (Å²) in [4.78, 5) is 26.6. The average molecular weight is 231 g/mol. The van der Waals surface area contributed by atoms with Crippen LogP contribution in [0.5, 0.6) is 0 Å². The summed E-state index contributed by atoms with van der Waals surface area (Å²) in [5, 5.41) is 4.63. The number of carbonyl (C=O) groups excluding carboxylic acids is 2. The Hall–Kier alpha value is -2.37. The highest BCUT2D eigenvalue weighted by Crippen LogP contribution is 2.24. The van der Waals surface area contributed by atoms with E-state index in [0.717, 1.165) is 5.56 Å². The van der Waals surface area contributed by atoms with E-state index in [-0.39, 0.29) is 0 Å². The predicted octanol–water partition coefficient (Wildman–Crippen LogP) is 1.02. The van der Waals surface area contributed by atoms with E-state index in [0.29, 0.717) is 16.9 Å². The predicted molar refractivity (Wildman–Crippen MR) is 58.2 cm³/mol. The van der Waals surface area contributed by atoms with E-state index in [1.807, 2.05) is 13.0 Å². The van der Waals surface area contributed by atoms with Crippen molar-refractivity contribution in [3.8, 4) is 0 Å². The molecule has 2 aromatic heterocycles. The van der Waals surface area contributed by atoms with Gasteiger partial charge < -0.3 is 9.73 Å². The van der Waals surface area contributed by atoms with Crippen molar-refractivity contribution in [1.29, 1.82) is 0 Å². The van der Waals surface area contributed by atoms with Gasteiger partial charge in [-0.25, -0.2) is 4.79 Å². The number of nitrogens with one attached hydrogen (secondary N) is 2. The van der Waals surface area contributed by atoms with Crippen LogP contribution in [0.15, 0.2) is 22.7 Å². The van der Waals surface area contributed by atoms with Crippen LogP contribution in [0.2, 0.25) is 0 Å². The largest absolute Gasteiger partial charge is 0.457 e. The number of imide groups is 1. The molecule has 0 aromatic carbocycles. The van der Waals surface area contributed by atoms with Crippen molar-refractivity contribution < 1.29 is 14.0 Å². The van der Waals surface area contributed by atoms with Gasteiger partial charge in [0.1, 0.15) is 11.3 Å². The quantitative estimate of drug-likeness (QED) is 0.717. The van der Waals surface area contributed by atoms with Crippen molar-refractivity contribution in [2.45, 2.75) is 13.0 Å². The molecule has 2 N–H and O–H groups in total. The maximum atomic E-state index is 11.5. The molecule has 1 unspecified atom stereocenters. The van der Waals surface area contributed by atoms with Gasteiger partial charge >= 0.3 is 6.03 Å². The van der Waals surface area contributed by atoms with Crippen molar-refractivity contribution in [3.05, 3.63) is 29.7 Å². The van der Waals surface area contributed by atoms with Crippen LogP contribution in [-0.2, 0) is 4.79 Å². The molecule has 3 rings (SSSR count). The molecule has 17 heavy (non-hydrogen) atoms. The minimum Gasteiger partial charge on any atom is -0.457 e. The minimum atomic E-state index is -0.767. The lowest BCUT2D eigenvalue weighted by molar-refractivity contribution is -0.120. The van der Waals surface area contributed by atoms with Crippen LogP contribution in [0.4, 0.5) is 4.79 Å². The molecule has 6 nitrogen and oxygen atoms in total. The summed E-state index contributed by atoms with van der Waals surface area (Å²) in [5.74, 6) is -0.0211. The molecule has 1 atom stereocenters. The number of fused-ring (bicyclic) bond motifs is 1. The molecular weight excluding hydrogens is 222 g/mol. The third kappa shape index (κ3) is 1.54. The van der Waals surface area contributed by atoms with Crippen LogP contribution in [0.3, 0.4) is 0 Å². The van der Waals surface area contributed by atoms with Crippen molar-refractivity contribution in [2.24, 2.45) is 0 Å². The molecule has 0 bridgehead atoms. The van der Waals surface area contributed by atoms with E-state index in [1.165, 1.54) is 0 Å². The Morgan fingerprint density at radius 3 is 2.88 bits per heavy atom. The molecule has 2 aromatic rings. The zero-order chi connectivity index (χ0) is 12.0. The Kier molecular flexibility index (Phi) is 1.91. The van der Waals surface area contributed by atoms with Gasteiger partial charge in [-0.1, -0.05) is 0 Å². The summed E-state index contributed by atoms with van der Waals surface area (Å²) < 4.78 is 5.51. The zero-order valence-electron chi connectivity index (χ0n) is 8.98. The fourth-order valence-electron chi connectivity index (χ4n) is 1.79. The Morgan fingerprint density at radius 1 is 1.35 bits per heavy atom. The molecule has 1 fully saturated rings. The molecule has 0 radical (unpaired) electrons. The first-order valence-corrected chi connectivity index (χ1v) is 5.11. The number of aryl methyl sites for hydroxylation is 1. The fraction of sp³-hybridized carbons (Fsp3) is 0.182. The number of carbonyl (C=O) groups is 2. The topological polar surface area (TPSA) is 84.2 Å². The average Bonchev–Trinajstić information content (AvgIpc) is 2.80. The van der Waals surface area contributed by atoms with Gasteiger partial charge in [0.2, 0.25) is 0 Å². The lowest BCUT2D eigenvalue weighted by atomic mass is 10.2. The van der Waals surface area contributed by atoms with E-state index in [2.05, 4.69) is 15.6 Å². The van der Waals surface area contributed by atoms with Crippen molar-refractivity contribution in [1.82, 2.24) is 15.6 Å². The van der Waals surface area contributed by atoms with Gasteiger partial charge in [-0.05, 0) is 18.6 Å². The molecule has 0 spiro atoms. The zero-order valence-corrected chi connectivity index (χ0v) is 8.98. The molecule has 1 aliphatic rings. The number of urea groups is 1. The molecule has 6 heteroatoms. The monoisotopic (exact) mass is 231 g/mol. The molecular formula is C11H9N3O3. The summed E-state index contributed by atoms with van der Waals surface area (Å²) >= 11 is 0. The Bertz CT molecular complexity index is 632. The molecule has 86 valence electrons. The van der Waals surface area contributed by atoms with Crippen LogP contribution < -0.4 is 10.6 Å². The second-order valence-corrected chi connectivity index (χ2v) is 3.94. The van der Waals surface area contributed by atoms with E-state index in [9.17, 15) is 9.59 Å². The van der Waals surface area contributed by atoms with Crippen LogP contribution in [-0.4, -0.2) is 16.9 Å². The number of nitrogens with zero attached hydrogens (tertiary/aromatic N) is 1. The first-order valence-electron chi connectivity index (χ1n) is 5.11. The fourth-order valence-corrected chi connectivity index (χ4v) is 1.79. The number of hydrogen-bond donors (Lipinski definition) is 2. The first kappa shape index (κ1) is 9.83. The molecule has 1 saturated heterocycles. The van der Waals surface area contributed by atoms with Crippen molar-refractivity contribution in [3.63, 3.8) is 0 Å². The smallest absolute Gasteiger partial charge is 0.322 e. The summed E-state index contributed by atoms with van der Waals surface area (Å²) in [6, 6.07) is 2.21. The highest BCUT2D eigenvalue weighted by molar-refractivity contribution is 6.04. The number of hydrogen-bond acceptors (Lipinski definition) is 4. The third-order valence-corrected chi connectivity index (χ3v) is 2.58. The van der Waals surface area contributed by atoms with Gasteiger partial charge in [0.15, 0.2) is 11.6 Å². The van der Waals surface area contributed by atoms with E-state index in [1.54, 1.807) is 12.3 Å². The lowest BCUT2D eigenvalue weighted by Crippen LogP contribution is -2.22. The van der Waals surface area contributed by atoms with Crippen LogP contribution in [0, 0.1) is 6.92 Å². The third-order valence-electron chi connectivity index (χ3n) is 2.58. The van der Waals surface area contributed by atoms with E-state index in [4.69, 9.17) is 4.42 Å². The summed E-state index contributed by atoms with van der Waals surface area (Å²) in [7, 11) is 0. The van der Waals surface area contributed by atoms with Gasteiger partial charge in [0.25, 0.3) is 5.91 Å². The van der Waals surface area contributed by atoms with Gasteiger partial charge in [-0.2, -0.15) is 0 Å². The number of amides is 3. The Labute approximate surface area is 96.0 Å². The van der Waals surface area contributed by atoms with E-state index < -0.39 is 18.0 Å². The molecule has 3 heterocycles. The highest BCUT2D eigenvalue weighted by Gasteiger charge is 2.33. The Morgan fingerprint density at radius 2 is 2.18 bits per heavy atom. The van der Waals surface area contributed by atoms with Gasteiger partial charge in [0.05, 0.1) is 0 Å². The van der Waals surface area contributed by atoms with Crippen LogP contribution >= 0.6 is 0 Å². The standard InChI is InChI=1S/C11H9N3O3/c1-5-2-7-6(12-4-5)3-8(17-7)9-10(15)14-11(16)13-9/h2-4,9H,1H3,(H2,13,14,15,16). The normalized spacial score (nSPS) is 19.5. The molecule has 0 saturated carbocycles. The van der Waals surface area contributed by atoms with Gasteiger partial charge in [0, 0.05) is 12.3 Å². The summed E-state index contributed by atoms with van der Waals surface area (Å²) in [5.41, 5.74) is 2.24. The van der Waals surface area contributed by atoms with Crippen molar-refractivity contribution in [2.75, 3.05) is 0 Å². The first-order chi connectivity index (χ1) is 8.13. The number of aromatic nitrogens is 1. The van der Waals surface area contributed by atoms with E-state index >= 15 is 0 Å². The molecule has 0 aliphatic carbocycles. The maximum Gasteiger partial charge on any atom is 0.322 e. The summed E-state index contributed by atoms with van der Waals surface area (Å²) in [6.45, 7) is 1.90. The van der Waals surface area contributed by atoms with Crippen molar-refractivity contribution >= 4 is 23.0 Å². The molecule has 1 aliphatic heterocycles. The second kappa shape index (κ2) is 3.31. The second-order valence-electron chi connectivity index (χ2n) is 3.94. The van der Waals surface area contributed by atoms with Gasteiger partial charge in [-0.15, -0.1) is 0 Å². The number of furan rings is 1. The minimum absolute atomic E-state index is 0.390. The maximum absolute atomic E-state index is 11.5. The summed E-state index contributed by atoms with van der Waals surface area (Å²) in [6.07, 6.45) is 1.72. The molecule has 3 amide bonds. The van der Waals surface area contributed by atoms with Gasteiger partial charge in [-0.3, -0.25) is 15.1 Å². The number of rotatable bonds is 1. The highest BCUT2D eigenvalue weighted by atomic mass is 16.3. The SMILES string of the molecule is Cc1cnc2cc(C3NC(=O)NC3=O)oc2c1. The Balaban J connectivity index is 2.06. The van der Waals surface area contributed by atoms with Crippen LogP contribution in [0.25, 0.3) is 11.1 Å². The van der Waals surface area contributed by atoms with Crippen LogP contribution in [0.1, 0.15) is 17.4 Å². The lowest BCUT2D eigenvalue weighted by Gasteiger charge is -2.00. The number of pyridine rings is 1.